The van der Waals surface area contributed by atoms with Crippen LogP contribution in [0.5, 0.6) is 11.5 Å². The minimum absolute atomic E-state index is 0.122. The molecule has 0 bridgehead atoms. The Balaban J connectivity index is 1.62. The molecule has 0 saturated carbocycles. The molecule has 0 saturated heterocycles. The quantitative estimate of drug-likeness (QED) is 0.529. The summed E-state index contributed by atoms with van der Waals surface area (Å²) in [5.41, 5.74) is 2.55. The minimum atomic E-state index is -0.600. The predicted octanol–water partition coefficient (Wildman–Crippen LogP) is 3.63. The van der Waals surface area contributed by atoms with Crippen LogP contribution in [0.25, 0.3) is 6.08 Å². The molecule has 1 aliphatic heterocycles. The Bertz CT molecular complexity index is 907. The Kier molecular flexibility index (Phi) is 6.54. The predicted molar refractivity (Wildman–Crippen MR) is 111 cm³/mol. The molecule has 29 heavy (non-hydrogen) atoms. The van der Waals surface area contributed by atoms with E-state index in [0.29, 0.717) is 12.4 Å². The maximum atomic E-state index is 12.2. The van der Waals surface area contributed by atoms with Crippen molar-refractivity contribution >= 4 is 23.6 Å². The van der Waals surface area contributed by atoms with E-state index >= 15 is 0 Å². The SMILES string of the molecule is CCOc1cc2c(cc1/C=C/C(=O)OCC(=O)N(C)c1ccccc1)O[C@@H](C)C2. The number of likely N-dealkylation sites (N-methyl/N-ethyl adjacent to an activating group) is 1. The number of carbonyl (C=O) groups is 2. The van der Waals surface area contributed by atoms with Gasteiger partial charge in [-0.2, -0.15) is 0 Å². The molecule has 0 N–H and O–H groups in total. The molecule has 0 aromatic heterocycles. The molecule has 1 aliphatic rings. The van der Waals surface area contributed by atoms with Crippen molar-refractivity contribution in [3.05, 3.63) is 59.7 Å². The summed E-state index contributed by atoms with van der Waals surface area (Å²) in [5.74, 6) is 0.575. The van der Waals surface area contributed by atoms with E-state index in [1.807, 2.05) is 56.3 Å². The Hall–Kier alpha value is -3.28. The summed E-state index contributed by atoms with van der Waals surface area (Å²) in [6, 6.07) is 13.0. The third-order valence-corrected chi connectivity index (χ3v) is 4.58. The van der Waals surface area contributed by atoms with Crippen molar-refractivity contribution in [2.45, 2.75) is 26.4 Å². The zero-order chi connectivity index (χ0) is 20.8. The second kappa shape index (κ2) is 9.28. The highest BCUT2D eigenvalue weighted by molar-refractivity contribution is 5.96. The van der Waals surface area contributed by atoms with Crippen LogP contribution >= 0.6 is 0 Å². The van der Waals surface area contributed by atoms with Gasteiger partial charge in [-0.3, -0.25) is 4.79 Å². The lowest BCUT2D eigenvalue weighted by Gasteiger charge is -2.16. The van der Waals surface area contributed by atoms with Crippen LogP contribution in [0.1, 0.15) is 25.0 Å². The first-order valence-electron chi connectivity index (χ1n) is 9.60. The Morgan fingerprint density at radius 2 is 2.00 bits per heavy atom. The number of benzene rings is 2. The third kappa shape index (κ3) is 5.16. The van der Waals surface area contributed by atoms with Crippen LogP contribution in [0.3, 0.4) is 0 Å². The summed E-state index contributed by atoms with van der Waals surface area (Å²) >= 11 is 0. The van der Waals surface area contributed by atoms with Crippen molar-refractivity contribution in [1.29, 1.82) is 0 Å². The number of hydrogen-bond donors (Lipinski definition) is 0. The molecule has 0 spiro atoms. The lowest BCUT2D eigenvalue weighted by molar-refractivity contribution is -0.142. The fourth-order valence-corrected chi connectivity index (χ4v) is 3.10. The van der Waals surface area contributed by atoms with Crippen molar-refractivity contribution < 1.29 is 23.8 Å². The molecule has 6 heteroatoms. The van der Waals surface area contributed by atoms with E-state index in [0.717, 1.165) is 29.0 Å². The number of rotatable bonds is 7. The van der Waals surface area contributed by atoms with Gasteiger partial charge in [0.1, 0.15) is 17.6 Å². The van der Waals surface area contributed by atoms with Crippen molar-refractivity contribution in [3.63, 3.8) is 0 Å². The summed E-state index contributed by atoms with van der Waals surface area (Å²) in [4.78, 5) is 25.7. The summed E-state index contributed by atoms with van der Waals surface area (Å²) in [6.07, 6.45) is 3.86. The number of ether oxygens (including phenoxy) is 3. The maximum Gasteiger partial charge on any atom is 0.331 e. The van der Waals surface area contributed by atoms with Gasteiger partial charge in [0, 0.05) is 36.4 Å². The van der Waals surface area contributed by atoms with Crippen LogP contribution in [0, 0.1) is 0 Å². The lowest BCUT2D eigenvalue weighted by Crippen LogP contribution is -2.30. The maximum absolute atomic E-state index is 12.2. The Morgan fingerprint density at radius 3 is 2.72 bits per heavy atom. The summed E-state index contributed by atoms with van der Waals surface area (Å²) < 4.78 is 16.6. The fraction of sp³-hybridized carbons (Fsp3) is 0.304. The number of para-hydroxylation sites is 1. The monoisotopic (exact) mass is 395 g/mol. The molecular formula is C23H25NO5. The van der Waals surface area contributed by atoms with Crippen LogP contribution in [0.4, 0.5) is 5.69 Å². The molecule has 0 aliphatic carbocycles. The standard InChI is InChI=1S/C23H25NO5/c1-4-27-20-14-18-12-16(2)29-21(18)13-17(20)10-11-23(26)28-15-22(25)24(3)19-8-6-5-7-9-19/h5-11,13-14,16H,4,12,15H2,1-3H3/b11-10+/t16-/m0/s1. The number of nitrogens with zero attached hydrogens (tertiary/aromatic N) is 1. The minimum Gasteiger partial charge on any atom is -0.493 e. The summed E-state index contributed by atoms with van der Waals surface area (Å²) in [7, 11) is 1.64. The number of esters is 1. The van der Waals surface area contributed by atoms with E-state index in [4.69, 9.17) is 14.2 Å². The van der Waals surface area contributed by atoms with E-state index in [1.54, 1.807) is 13.1 Å². The molecule has 6 nitrogen and oxygen atoms in total. The van der Waals surface area contributed by atoms with Crippen molar-refractivity contribution in [2.75, 3.05) is 25.2 Å². The number of carbonyl (C=O) groups excluding carboxylic acids is 2. The van der Waals surface area contributed by atoms with Gasteiger partial charge >= 0.3 is 5.97 Å². The second-order valence-corrected chi connectivity index (χ2v) is 6.79. The number of amides is 1. The van der Waals surface area contributed by atoms with Crippen LogP contribution < -0.4 is 14.4 Å². The number of hydrogen-bond acceptors (Lipinski definition) is 5. The average molecular weight is 395 g/mol. The number of anilines is 1. The van der Waals surface area contributed by atoms with E-state index < -0.39 is 5.97 Å². The van der Waals surface area contributed by atoms with Gasteiger partial charge in [-0.05, 0) is 44.2 Å². The van der Waals surface area contributed by atoms with E-state index in [-0.39, 0.29) is 18.6 Å². The highest BCUT2D eigenvalue weighted by Gasteiger charge is 2.21. The summed E-state index contributed by atoms with van der Waals surface area (Å²) in [6.45, 7) is 4.10. The van der Waals surface area contributed by atoms with Crippen molar-refractivity contribution in [1.82, 2.24) is 0 Å². The Morgan fingerprint density at radius 1 is 1.24 bits per heavy atom. The highest BCUT2D eigenvalue weighted by atomic mass is 16.5. The van der Waals surface area contributed by atoms with Crippen LogP contribution in [-0.4, -0.2) is 38.2 Å². The van der Waals surface area contributed by atoms with Gasteiger partial charge in [0.25, 0.3) is 5.91 Å². The van der Waals surface area contributed by atoms with Gasteiger partial charge in [-0.1, -0.05) is 18.2 Å². The first kappa shape index (κ1) is 20.5. The molecule has 1 atom stereocenters. The van der Waals surface area contributed by atoms with E-state index in [2.05, 4.69) is 0 Å². The molecular weight excluding hydrogens is 370 g/mol. The zero-order valence-electron chi connectivity index (χ0n) is 16.9. The summed E-state index contributed by atoms with van der Waals surface area (Å²) in [5, 5.41) is 0. The molecule has 2 aromatic rings. The van der Waals surface area contributed by atoms with Crippen molar-refractivity contribution in [2.24, 2.45) is 0 Å². The molecule has 1 amide bonds. The van der Waals surface area contributed by atoms with Gasteiger partial charge in [-0.15, -0.1) is 0 Å². The second-order valence-electron chi connectivity index (χ2n) is 6.79. The smallest absolute Gasteiger partial charge is 0.331 e. The molecule has 0 unspecified atom stereocenters. The fourth-order valence-electron chi connectivity index (χ4n) is 3.10. The normalized spacial score (nSPS) is 14.9. The van der Waals surface area contributed by atoms with E-state index in [1.165, 1.54) is 11.0 Å². The molecule has 0 radical (unpaired) electrons. The molecule has 152 valence electrons. The zero-order valence-corrected chi connectivity index (χ0v) is 16.9. The lowest BCUT2D eigenvalue weighted by atomic mass is 10.1. The molecule has 0 fully saturated rings. The van der Waals surface area contributed by atoms with Crippen LogP contribution in [0.15, 0.2) is 48.5 Å². The average Bonchev–Trinajstić information content (AvgIpc) is 3.09. The van der Waals surface area contributed by atoms with Gasteiger partial charge in [0.05, 0.1) is 6.61 Å². The third-order valence-electron chi connectivity index (χ3n) is 4.58. The first-order valence-corrected chi connectivity index (χ1v) is 9.60. The molecule has 1 heterocycles. The highest BCUT2D eigenvalue weighted by Crippen LogP contribution is 2.35. The Labute approximate surface area is 170 Å². The molecule has 3 rings (SSSR count). The topological polar surface area (TPSA) is 65.1 Å². The van der Waals surface area contributed by atoms with Crippen LogP contribution in [-0.2, 0) is 20.7 Å². The van der Waals surface area contributed by atoms with E-state index in [9.17, 15) is 9.59 Å². The van der Waals surface area contributed by atoms with Gasteiger partial charge in [0.15, 0.2) is 6.61 Å². The first-order chi connectivity index (χ1) is 14.0. The van der Waals surface area contributed by atoms with Gasteiger partial charge < -0.3 is 19.1 Å². The number of fused-ring (bicyclic) bond motifs is 1. The van der Waals surface area contributed by atoms with Gasteiger partial charge in [-0.25, -0.2) is 4.79 Å². The molecule has 2 aromatic carbocycles. The largest absolute Gasteiger partial charge is 0.493 e. The van der Waals surface area contributed by atoms with Gasteiger partial charge in [0.2, 0.25) is 0 Å². The van der Waals surface area contributed by atoms with Crippen LogP contribution in [0.2, 0.25) is 0 Å². The van der Waals surface area contributed by atoms with Crippen molar-refractivity contribution in [3.8, 4) is 11.5 Å².